The van der Waals surface area contributed by atoms with E-state index < -0.39 is 0 Å². The van der Waals surface area contributed by atoms with Crippen molar-refractivity contribution >= 4 is 11.3 Å². The third-order valence-electron chi connectivity index (χ3n) is 6.40. The first kappa shape index (κ1) is 22.6. The van der Waals surface area contributed by atoms with Gasteiger partial charge in [0.15, 0.2) is 0 Å². The van der Waals surface area contributed by atoms with Crippen molar-refractivity contribution in [2.75, 3.05) is 12.4 Å². The van der Waals surface area contributed by atoms with Crippen molar-refractivity contribution in [3.8, 4) is 0 Å². The van der Waals surface area contributed by atoms with Crippen molar-refractivity contribution in [2.24, 2.45) is 0 Å². The van der Waals surface area contributed by atoms with Crippen LogP contribution < -0.4 is 5.32 Å². The van der Waals surface area contributed by atoms with Crippen LogP contribution in [-0.4, -0.2) is 7.05 Å². The van der Waals surface area contributed by atoms with Gasteiger partial charge in [-0.25, -0.2) is 0 Å². The minimum atomic E-state index is -0.331. The fourth-order valence-corrected chi connectivity index (χ4v) is 4.39. The van der Waals surface area contributed by atoms with E-state index in [1.54, 1.807) is 0 Å². The Kier molecular flexibility index (Phi) is 6.85. The molecule has 0 spiro atoms. The predicted molar refractivity (Wildman–Crippen MR) is 137 cm³/mol. The van der Waals surface area contributed by atoms with Crippen LogP contribution in [0.2, 0.25) is 0 Å². The Labute approximate surface area is 188 Å². The Bertz CT molecular complexity index is 1090. The maximum atomic E-state index is 4.27. The molecular formula is C30H35N. The molecule has 1 atom stereocenters. The molecule has 3 aromatic rings. The highest BCUT2D eigenvalue weighted by Crippen LogP contribution is 2.45. The lowest BCUT2D eigenvalue weighted by Crippen LogP contribution is -2.28. The van der Waals surface area contributed by atoms with Crippen LogP contribution >= 0.6 is 0 Å². The lowest BCUT2D eigenvalue weighted by molar-refractivity contribution is 0.691. The zero-order valence-electron chi connectivity index (χ0n) is 19.7. The normalized spacial score (nSPS) is 12.8. The summed E-state index contributed by atoms with van der Waals surface area (Å²) in [6.07, 6.45) is 1.92. The van der Waals surface area contributed by atoms with Crippen LogP contribution in [0.15, 0.2) is 85.5 Å². The minimum Gasteiger partial charge on any atom is -0.388 e. The third-order valence-corrected chi connectivity index (χ3v) is 6.40. The van der Waals surface area contributed by atoms with Crippen LogP contribution in [0.1, 0.15) is 60.6 Å². The Hall–Kier alpha value is -3.06. The molecule has 0 saturated heterocycles. The van der Waals surface area contributed by atoms with Crippen molar-refractivity contribution < 1.29 is 0 Å². The molecular weight excluding hydrogens is 374 g/mol. The quantitative estimate of drug-likeness (QED) is 0.294. The second kappa shape index (κ2) is 9.39. The van der Waals surface area contributed by atoms with Gasteiger partial charge in [-0.15, -0.1) is 0 Å². The van der Waals surface area contributed by atoms with E-state index in [9.17, 15) is 0 Å². The number of rotatable bonds is 8. The standard InChI is InChI=1S/C30H35N/c1-8-22(4)19-24-15-18-28(29(20-24)31-7)30(6,25-16-13-23(5)14-17-25)27-12-10-9-11-26(27)21(2)3/h9-18,20,31H,2,4,8,19H2,1,3,5-7H3. The molecule has 1 nitrogen and oxygen atoms in total. The van der Waals surface area contributed by atoms with Gasteiger partial charge in [0.05, 0.1) is 0 Å². The van der Waals surface area contributed by atoms with Crippen LogP contribution in [-0.2, 0) is 11.8 Å². The van der Waals surface area contributed by atoms with Crippen LogP contribution in [0.25, 0.3) is 5.57 Å². The molecule has 31 heavy (non-hydrogen) atoms. The summed E-state index contributed by atoms with van der Waals surface area (Å²) < 4.78 is 0. The maximum Gasteiger partial charge on any atom is 0.0449 e. The molecule has 0 bridgehead atoms. The number of hydrogen-bond donors (Lipinski definition) is 1. The number of benzene rings is 3. The lowest BCUT2D eigenvalue weighted by Gasteiger charge is -2.35. The molecule has 0 fully saturated rings. The fraction of sp³-hybridized carbons (Fsp3) is 0.267. The van der Waals surface area contributed by atoms with Gasteiger partial charge in [-0.05, 0) is 67.5 Å². The molecule has 0 heterocycles. The number of anilines is 1. The number of aryl methyl sites for hydroxylation is 1. The monoisotopic (exact) mass is 409 g/mol. The lowest BCUT2D eigenvalue weighted by atomic mass is 9.68. The second-order valence-electron chi connectivity index (χ2n) is 8.73. The molecule has 0 aliphatic carbocycles. The Morgan fingerprint density at radius 3 is 2.23 bits per heavy atom. The molecule has 0 aliphatic heterocycles. The first-order chi connectivity index (χ1) is 14.8. The number of hydrogen-bond acceptors (Lipinski definition) is 1. The summed E-state index contributed by atoms with van der Waals surface area (Å²) in [5, 5.41) is 3.48. The average Bonchev–Trinajstić information content (AvgIpc) is 2.78. The minimum absolute atomic E-state index is 0.331. The van der Waals surface area contributed by atoms with E-state index in [0.717, 1.165) is 24.1 Å². The Balaban J connectivity index is 2.29. The topological polar surface area (TPSA) is 12.0 Å². The summed E-state index contributed by atoms with van der Waals surface area (Å²) >= 11 is 0. The molecule has 0 aliphatic rings. The Morgan fingerprint density at radius 2 is 1.61 bits per heavy atom. The highest BCUT2D eigenvalue weighted by molar-refractivity contribution is 5.71. The maximum absolute atomic E-state index is 4.27. The molecule has 1 N–H and O–H groups in total. The molecule has 160 valence electrons. The largest absolute Gasteiger partial charge is 0.388 e. The van der Waals surface area contributed by atoms with Gasteiger partial charge in [0.1, 0.15) is 0 Å². The van der Waals surface area contributed by atoms with Gasteiger partial charge in [0.25, 0.3) is 0 Å². The van der Waals surface area contributed by atoms with Crippen LogP contribution in [0.5, 0.6) is 0 Å². The van der Waals surface area contributed by atoms with Gasteiger partial charge in [0.2, 0.25) is 0 Å². The predicted octanol–water partition coefficient (Wildman–Crippen LogP) is 7.93. The van der Waals surface area contributed by atoms with E-state index in [2.05, 4.69) is 113 Å². The van der Waals surface area contributed by atoms with Gasteiger partial charge in [0, 0.05) is 18.2 Å². The van der Waals surface area contributed by atoms with E-state index in [4.69, 9.17) is 0 Å². The average molecular weight is 410 g/mol. The summed E-state index contributed by atoms with van der Waals surface area (Å²) in [7, 11) is 2.01. The molecule has 3 aromatic carbocycles. The fourth-order valence-electron chi connectivity index (χ4n) is 4.39. The van der Waals surface area contributed by atoms with E-state index in [1.807, 2.05) is 7.05 Å². The number of nitrogens with one attached hydrogen (secondary N) is 1. The van der Waals surface area contributed by atoms with Crippen LogP contribution in [0.3, 0.4) is 0 Å². The SMILES string of the molecule is C=C(CC)Cc1ccc(C(C)(c2ccc(C)cc2)c2ccccc2C(=C)C)c(NC)c1. The van der Waals surface area contributed by atoms with Gasteiger partial charge in [-0.2, -0.15) is 0 Å². The van der Waals surface area contributed by atoms with E-state index >= 15 is 0 Å². The van der Waals surface area contributed by atoms with Crippen LogP contribution in [0.4, 0.5) is 5.69 Å². The summed E-state index contributed by atoms with van der Waals surface area (Å²) in [5.74, 6) is 0. The molecule has 3 rings (SSSR count). The highest BCUT2D eigenvalue weighted by Gasteiger charge is 2.35. The Morgan fingerprint density at radius 1 is 0.935 bits per heavy atom. The van der Waals surface area contributed by atoms with Crippen molar-refractivity contribution in [2.45, 2.75) is 46.0 Å². The first-order valence-electron chi connectivity index (χ1n) is 11.1. The summed E-state index contributed by atoms with van der Waals surface area (Å²) in [6, 6.07) is 24.4. The summed E-state index contributed by atoms with van der Waals surface area (Å²) in [4.78, 5) is 0. The zero-order valence-corrected chi connectivity index (χ0v) is 19.7. The van der Waals surface area contributed by atoms with Gasteiger partial charge in [-0.3, -0.25) is 0 Å². The summed E-state index contributed by atoms with van der Waals surface area (Å²) in [5.41, 5.74) is 10.7. The first-order valence-corrected chi connectivity index (χ1v) is 11.1. The molecule has 0 aromatic heterocycles. The van der Waals surface area contributed by atoms with Crippen LogP contribution in [0, 0.1) is 6.92 Å². The van der Waals surface area contributed by atoms with Gasteiger partial charge in [-0.1, -0.05) is 97.5 Å². The molecule has 1 unspecified atom stereocenters. The van der Waals surface area contributed by atoms with E-state index in [-0.39, 0.29) is 5.41 Å². The summed E-state index contributed by atoms with van der Waals surface area (Å²) in [6.45, 7) is 17.2. The highest BCUT2D eigenvalue weighted by atomic mass is 14.8. The van der Waals surface area contributed by atoms with Crippen molar-refractivity contribution in [1.82, 2.24) is 0 Å². The van der Waals surface area contributed by atoms with E-state index in [1.165, 1.54) is 39.0 Å². The van der Waals surface area contributed by atoms with Crippen molar-refractivity contribution in [1.29, 1.82) is 0 Å². The number of allylic oxidation sites excluding steroid dienone is 2. The molecule has 0 radical (unpaired) electrons. The van der Waals surface area contributed by atoms with Crippen molar-refractivity contribution in [3.63, 3.8) is 0 Å². The molecule has 0 amide bonds. The third kappa shape index (κ3) is 4.51. The van der Waals surface area contributed by atoms with E-state index in [0.29, 0.717) is 0 Å². The smallest absolute Gasteiger partial charge is 0.0449 e. The van der Waals surface area contributed by atoms with Gasteiger partial charge >= 0.3 is 0 Å². The van der Waals surface area contributed by atoms with Gasteiger partial charge < -0.3 is 5.32 Å². The molecule has 1 heteroatoms. The zero-order chi connectivity index (χ0) is 22.6. The van der Waals surface area contributed by atoms with Crippen molar-refractivity contribution in [3.05, 3.63) is 119 Å². The second-order valence-corrected chi connectivity index (χ2v) is 8.73. The molecule has 0 saturated carbocycles.